The van der Waals surface area contributed by atoms with Crippen molar-refractivity contribution in [3.05, 3.63) is 28.2 Å². The average Bonchev–Trinajstić information content (AvgIpc) is 2.53. The first-order chi connectivity index (χ1) is 8.76. The molecule has 0 aromatic heterocycles. The lowest BCUT2D eigenvalue weighted by atomic mass is 10.1. The van der Waals surface area contributed by atoms with E-state index in [2.05, 4.69) is 26.6 Å². The van der Waals surface area contributed by atoms with Crippen LogP contribution in [0.15, 0.2) is 22.7 Å². The van der Waals surface area contributed by atoms with E-state index in [1.165, 1.54) is 0 Å². The molecule has 2 N–H and O–H groups in total. The lowest BCUT2D eigenvalue weighted by molar-refractivity contribution is -0.117. The van der Waals surface area contributed by atoms with E-state index in [4.69, 9.17) is 4.74 Å². The van der Waals surface area contributed by atoms with Crippen LogP contribution in [-0.2, 0) is 9.53 Å². The molecule has 6 heteroatoms. The molecule has 0 aliphatic carbocycles. The number of hydrogen-bond acceptors (Lipinski definition) is 3. The molecule has 2 amide bonds. The highest BCUT2D eigenvalue weighted by molar-refractivity contribution is 9.10. The summed E-state index contributed by atoms with van der Waals surface area (Å²) in [5.41, 5.74) is 0.832. The number of halogens is 1. The third kappa shape index (κ3) is 3.26. The maximum absolute atomic E-state index is 11.8. The van der Waals surface area contributed by atoms with Gasteiger partial charge in [-0.15, -0.1) is 0 Å². The zero-order valence-corrected chi connectivity index (χ0v) is 12.5. The number of anilines is 1. The van der Waals surface area contributed by atoms with Gasteiger partial charge in [0.1, 0.15) is 11.6 Å². The van der Waals surface area contributed by atoms with Crippen molar-refractivity contribution in [2.24, 2.45) is 0 Å². The first kappa shape index (κ1) is 13.9. The molecule has 1 aliphatic rings. The lowest BCUT2D eigenvalue weighted by Crippen LogP contribution is -2.37. The molecule has 0 spiro atoms. The summed E-state index contributed by atoms with van der Waals surface area (Å²) in [4.78, 5) is 23.6. The van der Waals surface area contributed by atoms with E-state index in [0.29, 0.717) is 5.69 Å². The van der Waals surface area contributed by atoms with E-state index in [9.17, 15) is 9.59 Å². The van der Waals surface area contributed by atoms with Crippen LogP contribution in [0.1, 0.15) is 32.4 Å². The van der Waals surface area contributed by atoms with Gasteiger partial charge in [0, 0.05) is 15.7 Å². The van der Waals surface area contributed by atoms with Crippen molar-refractivity contribution in [3.63, 3.8) is 0 Å². The maximum Gasteiger partial charge on any atom is 0.408 e. The summed E-state index contributed by atoms with van der Waals surface area (Å²) >= 11 is 3.34. The molecular formula is C13H15BrN2O3. The highest BCUT2D eigenvalue weighted by atomic mass is 79.9. The van der Waals surface area contributed by atoms with Gasteiger partial charge in [0.15, 0.2) is 0 Å². The summed E-state index contributed by atoms with van der Waals surface area (Å²) in [5.74, 6) is -0.265. The Kier molecular flexibility index (Phi) is 3.54. The topological polar surface area (TPSA) is 67.4 Å². The summed E-state index contributed by atoms with van der Waals surface area (Å²) in [6, 6.07) is 4.69. The van der Waals surface area contributed by atoms with Crippen LogP contribution in [0.25, 0.3) is 0 Å². The van der Waals surface area contributed by atoms with E-state index in [-0.39, 0.29) is 5.91 Å². The second kappa shape index (κ2) is 4.85. The van der Waals surface area contributed by atoms with Crippen LogP contribution in [-0.4, -0.2) is 17.6 Å². The van der Waals surface area contributed by atoms with Crippen molar-refractivity contribution in [1.29, 1.82) is 0 Å². The van der Waals surface area contributed by atoms with Gasteiger partial charge in [0.2, 0.25) is 0 Å². The first-order valence-corrected chi connectivity index (χ1v) is 6.65. The molecule has 19 heavy (non-hydrogen) atoms. The zero-order valence-electron chi connectivity index (χ0n) is 10.9. The summed E-state index contributed by atoms with van der Waals surface area (Å²) in [6.07, 6.45) is -0.611. The minimum Gasteiger partial charge on any atom is -0.444 e. The van der Waals surface area contributed by atoms with Gasteiger partial charge < -0.3 is 15.4 Å². The van der Waals surface area contributed by atoms with Crippen LogP contribution in [0.5, 0.6) is 0 Å². The number of alkyl carbamates (subject to hydrolysis) is 1. The third-order valence-electron chi connectivity index (χ3n) is 2.51. The molecule has 1 aromatic rings. The molecule has 0 saturated heterocycles. The van der Waals surface area contributed by atoms with Gasteiger partial charge in [-0.25, -0.2) is 4.79 Å². The van der Waals surface area contributed by atoms with E-state index >= 15 is 0 Å². The van der Waals surface area contributed by atoms with Gasteiger partial charge in [-0.05, 0) is 39.0 Å². The zero-order chi connectivity index (χ0) is 14.2. The molecule has 1 aliphatic heterocycles. The Balaban J connectivity index is 2.16. The van der Waals surface area contributed by atoms with E-state index in [1.54, 1.807) is 32.9 Å². The Morgan fingerprint density at radius 1 is 1.42 bits per heavy atom. The Hall–Kier alpha value is -1.56. The molecule has 5 nitrogen and oxygen atoms in total. The van der Waals surface area contributed by atoms with Crippen LogP contribution in [0.3, 0.4) is 0 Å². The summed E-state index contributed by atoms with van der Waals surface area (Å²) in [6.45, 7) is 5.31. The smallest absolute Gasteiger partial charge is 0.408 e. The molecule has 0 fully saturated rings. The number of benzene rings is 1. The minimum atomic E-state index is -0.720. The van der Waals surface area contributed by atoms with Gasteiger partial charge in [-0.1, -0.05) is 15.9 Å². The lowest BCUT2D eigenvalue weighted by Gasteiger charge is -2.21. The normalized spacial score (nSPS) is 17.7. The van der Waals surface area contributed by atoms with Crippen LogP contribution >= 0.6 is 15.9 Å². The highest BCUT2D eigenvalue weighted by Crippen LogP contribution is 2.33. The number of ether oxygens (including phenoxy) is 1. The molecule has 1 heterocycles. The van der Waals surface area contributed by atoms with E-state index < -0.39 is 17.7 Å². The molecule has 1 atom stereocenters. The SMILES string of the molecule is CC(C)(C)OC(=O)NC1C(=O)Nc2ccc(Br)cc21. The Bertz CT molecular complexity index is 537. The molecular weight excluding hydrogens is 312 g/mol. The highest BCUT2D eigenvalue weighted by Gasteiger charge is 2.33. The van der Waals surface area contributed by atoms with Crippen molar-refractivity contribution in [1.82, 2.24) is 5.32 Å². The number of hydrogen-bond donors (Lipinski definition) is 2. The number of rotatable bonds is 1. The van der Waals surface area contributed by atoms with E-state index in [0.717, 1.165) is 10.0 Å². The monoisotopic (exact) mass is 326 g/mol. The molecule has 2 rings (SSSR count). The average molecular weight is 327 g/mol. The predicted octanol–water partition coefficient (Wildman–Crippen LogP) is 2.97. The molecule has 1 aromatic carbocycles. The van der Waals surface area contributed by atoms with Crippen molar-refractivity contribution < 1.29 is 14.3 Å². The van der Waals surface area contributed by atoms with Crippen molar-refractivity contribution in [2.45, 2.75) is 32.4 Å². The fourth-order valence-corrected chi connectivity index (χ4v) is 2.18. The van der Waals surface area contributed by atoms with Crippen LogP contribution in [0, 0.1) is 0 Å². The molecule has 1 unspecified atom stereocenters. The van der Waals surface area contributed by atoms with E-state index in [1.807, 2.05) is 6.07 Å². The number of nitrogens with one attached hydrogen (secondary N) is 2. The van der Waals surface area contributed by atoms with Crippen molar-refractivity contribution in [3.8, 4) is 0 Å². The summed E-state index contributed by atoms with van der Waals surface area (Å²) in [7, 11) is 0. The Labute approximate surface area is 119 Å². The molecule has 102 valence electrons. The number of carbonyl (C=O) groups is 2. The standard InChI is InChI=1S/C13H15BrN2O3/c1-13(2,3)19-12(18)16-10-8-6-7(14)4-5-9(8)15-11(10)17/h4-6,10H,1-3H3,(H,15,17)(H,16,18). The Morgan fingerprint density at radius 2 is 2.11 bits per heavy atom. The largest absolute Gasteiger partial charge is 0.444 e. The van der Waals surface area contributed by atoms with Gasteiger partial charge in [-0.3, -0.25) is 4.79 Å². The minimum absolute atomic E-state index is 0.265. The summed E-state index contributed by atoms with van der Waals surface area (Å²) in [5, 5.41) is 5.29. The second-order valence-corrected chi connectivity index (χ2v) is 6.22. The fourth-order valence-electron chi connectivity index (χ4n) is 1.80. The molecule has 0 bridgehead atoms. The second-order valence-electron chi connectivity index (χ2n) is 5.30. The molecule has 0 saturated carbocycles. The van der Waals surface area contributed by atoms with Gasteiger partial charge in [0.25, 0.3) is 5.91 Å². The van der Waals surface area contributed by atoms with Crippen LogP contribution in [0.2, 0.25) is 0 Å². The van der Waals surface area contributed by atoms with Gasteiger partial charge in [-0.2, -0.15) is 0 Å². The van der Waals surface area contributed by atoms with Crippen molar-refractivity contribution in [2.75, 3.05) is 5.32 Å². The Morgan fingerprint density at radius 3 is 2.74 bits per heavy atom. The number of fused-ring (bicyclic) bond motifs is 1. The molecule has 0 radical (unpaired) electrons. The number of amides is 2. The fraction of sp³-hybridized carbons (Fsp3) is 0.385. The van der Waals surface area contributed by atoms with Crippen molar-refractivity contribution >= 4 is 33.6 Å². The van der Waals surface area contributed by atoms with Gasteiger partial charge >= 0.3 is 6.09 Å². The predicted molar refractivity (Wildman–Crippen MR) is 74.9 cm³/mol. The quantitative estimate of drug-likeness (QED) is 0.833. The van der Waals surface area contributed by atoms with Crippen LogP contribution in [0.4, 0.5) is 10.5 Å². The first-order valence-electron chi connectivity index (χ1n) is 5.86. The van der Waals surface area contributed by atoms with Crippen LogP contribution < -0.4 is 10.6 Å². The summed E-state index contributed by atoms with van der Waals surface area (Å²) < 4.78 is 6.00. The maximum atomic E-state index is 11.8. The van der Waals surface area contributed by atoms with Gasteiger partial charge in [0.05, 0.1) is 0 Å². The third-order valence-corrected chi connectivity index (χ3v) is 3.00. The number of carbonyl (C=O) groups excluding carboxylic acids is 2.